The molecule has 2 N–H and O–H groups in total. The highest BCUT2D eigenvalue weighted by atomic mass is 35.5. The fourth-order valence-corrected chi connectivity index (χ4v) is 4.50. The van der Waals surface area contributed by atoms with Gasteiger partial charge >= 0.3 is 0 Å². The summed E-state index contributed by atoms with van der Waals surface area (Å²) < 4.78 is 14.4. The standard InChI is InChI=1S/C26H21ClFN3O2/c1-13-9-18(28)12-20-23(13)31-26(33)22(10-15-3-6-17(27)7-4-15)29-24(20)16-5-8-19-14(2)25(32)30-21(19)11-16/h3-9,11-12,14,22H,10H2,1-2H3,(H,30,32)(H,31,33). The number of aliphatic imine (C=N–C) groups is 1. The van der Waals surface area contributed by atoms with Crippen molar-refractivity contribution in [3.63, 3.8) is 0 Å². The number of nitrogens with zero attached hydrogens (tertiary/aromatic N) is 1. The number of rotatable bonds is 3. The van der Waals surface area contributed by atoms with Crippen LogP contribution in [0.2, 0.25) is 5.02 Å². The minimum absolute atomic E-state index is 0.0651. The lowest BCUT2D eigenvalue weighted by Gasteiger charge is -2.14. The lowest BCUT2D eigenvalue weighted by atomic mass is 9.95. The molecule has 0 aliphatic carbocycles. The highest BCUT2D eigenvalue weighted by Crippen LogP contribution is 2.35. The van der Waals surface area contributed by atoms with E-state index < -0.39 is 11.9 Å². The van der Waals surface area contributed by atoms with E-state index in [0.717, 1.165) is 11.1 Å². The lowest BCUT2D eigenvalue weighted by molar-refractivity contribution is -0.117. The molecule has 7 heteroatoms. The highest BCUT2D eigenvalue weighted by molar-refractivity contribution is 6.30. The Bertz CT molecular complexity index is 1330. The van der Waals surface area contributed by atoms with Crippen LogP contribution in [-0.2, 0) is 16.0 Å². The van der Waals surface area contributed by atoms with E-state index in [2.05, 4.69) is 10.6 Å². The monoisotopic (exact) mass is 461 g/mol. The molecule has 3 aromatic carbocycles. The molecule has 5 nitrogen and oxygen atoms in total. The van der Waals surface area contributed by atoms with Gasteiger partial charge in [0.2, 0.25) is 11.8 Å². The Morgan fingerprint density at radius 1 is 1.00 bits per heavy atom. The number of aryl methyl sites for hydroxylation is 1. The van der Waals surface area contributed by atoms with Gasteiger partial charge < -0.3 is 10.6 Å². The van der Waals surface area contributed by atoms with Crippen molar-refractivity contribution in [2.45, 2.75) is 32.2 Å². The van der Waals surface area contributed by atoms with Crippen LogP contribution in [0.25, 0.3) is 0 Å². The number of halogens is 2. The van der Waals surface area contributed by atoms with Gasteiger partial charge in [-0.05, 0) is 60.9 Å². The number of benzodiazepines with no additional fused rings is 1. The fourth-order valence-electron chi connectivity index (χ4n) is 4.37. The van der Waals surface area contributed by atoms with E-state index in [9.17, 15) is 14.0 Å². The topological polar surface area (TPSA) is 70.6 Å². The molecule has 2 aliphatic rings. The molecule has 0 spiro atoms. The minimum Gasteiger partial charge on any atom is -0.325 e. The summed E-state index contributed by atoms with van der Waals surface area (Å²) in [4.78, 5) is 30.1. The van der Waals surface area contributed by atoms with Gasteiger partial charge in [0.25, 0.3) is 0 Å². The largest absolute Gasteiger partial charge is 0.325 e. The van der Waals surface area contributed by atoms with Gasteiger partial charge in [0.15, 0.2) is 0 Å². The summed E-state index contributed by atoms with van der Waals surface area (Å²) in [6.45, 7) is 3.60. The maximum Gasteiger partial charge on any atom is 0.249 e. The molecule has 0 aromatic heterocycles. The third-order valence-corrected chi connectivity index (χ3v) is 6.43. The van der Waals surface area contributed by atoms with E-state index in [1.165, 1.54) is 12.1 Å². The maximum absolute atomic E-state index is 14.4. The van der Waals surface area contributed by atoms with Crippen LogP contribution in [0.15, 0.2) is 59.6 Å². The predicted molar refractivity (Wildman–Crippen MR) is 128 cm³/mol. The van der Waals surface area contributed by atoms with Crippen LogP contribution in [0, 0.1) is 12.7 Å². The smallest absolute Gasteiger partial charge is 0.249 e. The number of nitrogens with one attached hydrogen (secondary N) is 2. The van der Waals surface area contributed by atoms with Crippen LogP contribution < -0.4 is 10.6 Å². The summed E-state index contributed by atoms with van der Waals surface area (Å²) in [5.74, 6) is -0.978. The average molecular weight is 462 g/mol. The maximum atomic E-state index is 14.4. The third kappa shape index (κ3) is 3.91. The number of carbonyl (C=O) groups is 2. The molecule has 2 atom stereocenters. The first kappa shape index (κ1) is 21.3. The second-order valence-electron chi connectivity index (χ2n) is 8.47. The van der Waals surface area contributed by atoms with Gasteiger partial charge in [-0.2, -0.15) is 0 Å². The summed E-state index contributed by atoms with van der Waals surface area (Å²) in [6, 6.07) is 14.9. The van der Waals surface area contributed by atoms with Crippen LogP contribution in [0.5, 0.6) is 0 Å². The molecule has 2 heterocycles. The Morgan fingerprint density at radius 2 is 1.76 bits per heavy atom. The van der Waals surface area contributed by atoms with Crippen LogP contribution in [0.4, 0.5) is 15.8 Å². The quantitative estimate of drug-likeness (QED) is 0.559. The summed E-state index contributed by atoms with van der Waals surface area (Å²) >= 11 is 6.00. The number of hydrogen-bond donors (Lipinski definition) is 2. The van der Waals surface area contributed by atoms with Gasteiger partial charge in [0.1, 0.15) is 11.9 Å². The van der Waals surface area contributed by atoms with Gasteiger partial charge in [0.05, 0.1) is 17.3 Å². The van der Waals surface area contributed by atoms with E-state index in [-0.39, 0.29) is 17.7 Å². The molecular formula is C26H21ClFN3O2. The van der Waals surface area contributed by atoms with Gasteiger partial charge in [-0.15, -0.1) is 0 Å². The molecule has 3 aromatic rings. The van der Waals surface area contributed by atoms with E-state index in [1.807, 2.05) is 37.3 Å². The number of benzene rings is 3. The minimum atomic E-state index is -0.724. The normalized spacial score (nSPS) is 19.2. The van der Waals surface area contributed by atoms with Crippen molar-refractivity contribution >= 4 is 40.5 Å². The molecule has 5 rings (SSSR count). The number of hydrogen-bond acceptors (Lipinski definition) is 3. The van der Waals surface area contributed by atoms with Crippen LogP contribution in [-0.4, -0.2) is 23.6 Å². The zero-order valence-corrected chi connectivity index (χ0v) is 18.8. The van der Waals surface area contributed by atoms with E-state index in [0.29, 0.717) is 45.2 Å². The zero-order valence-electron chi connectivity index (χ0n) is 18.1. The van der Waals surface area contributed by atoms with Crippen molar-refractivity contribution in [1.29, 1.82) is 0 Å². The second kappa shape index (κ2) is 8.12. The van der Waals surface area contributed by atoms with Gasteiger partial charge in [-0.3, -0.25) is 14.6 Å². The van der Waals surface area contributed by atoms with Crippen LogP contribution in [0.1, 0.15) is 40.7 Å². The fraction of sp³-hybridized carbons (Fsp3) is 0.192. The molecule has 0 radical (unpaired) electrons. The Labute approximate surface area is 195 Å². The Kier molecular flexibility index (Phi) is 5.25. The second-order valence-corrected chi connectivity index (χ2v) is 8.91. The highest BCUT2D eigenvalue weighted by Gasteiger charge is 2.30. The van der Waals surface area contributed by atoms with Crippen molar-refractivity contribution in [2.24, 2.45) is 4.99 Å². The molecule has 0 saturated carbocycles. The van der Waals surface area contributed by atoms with Crippen molar-refractivity contribution in [1.82, 2.24) is 0 Å². The van der Waals surface area contributed by atoms with Crippen molar-refractivity contribution < 1.29 is 14.0 Å². The van der Waals surface area contributed by atoms with E-state index in [1.54, 1.807) is 19.1 Å². The zero-order chi connectivity index (χ0) is 23.3. The molecule has 2 amide bonds. The van der Waals surface area contributed by atoms with Crippen molar-refractivity contribution in [3.8, 4) is 0 Å². The SMILES string of the molecule is Cc1cc(F)cc2c1NC(=O)C(Cc1ccc(Cl)cc1)N=C2c1ccc2c(c1)NC(=O)C2C. The summed E-state index contributed by atoms with van der Waals surface area (Å²) in [5.41, 5.74) is 5.38. The Hall–Kier alpha value is -3.51. The Balaban J connectivity index is 1.65. The summed E-state index contributed by atoms with van der Waals surface area (Å²) in [5, 5.41) is 6.45. The van der Waals surface area contributed by atoms with E-state index >= 15 is 0 Å². The average Bonchev–Trinajstić information content (AvgIpc) is 2.98. The molecule has 166 valence electrons. The van der Waals surface area contributed by atoms with E-state index in [4.69, 9.17) is 16.6 Å². The Morgan fingerprint density at radius 3 is 2.52 bits per heavy atom. The number of carbonyl (C=O) groups excluding carboxylic acids is 2. The summed E-state index contributed by atoms with van der Waals surface area (Å²) in [6.07, 6.45) is 0.362. The van der Waals surface area contributed by atoms with Crippen molar-refractivity contribution in [2.75, 3.05) is 10.6 Å². The molecule has 33 heavy (non-hydrogen) atoms. The van der Waals surface area contributed by atoms with Crippen LogP contribution in [0.3, 0.4) is 0 Å². The number of fused-ring (bicyclic) bond motifs is 2. The summed E-state index contributed by atoms with van der Waals surface area (Å²) in [7, 11) is 0. The number of amides is 2. The molecular weight excluding hydrogens is 441 g/mol. The van der Waals surface area contributed by atoms with Crippen molar-refractivity contribution in [3.05, 3.63) is 93.3 Å². The first-order valence-electron chi connectivity index (χ1n) is 10.7. The first-order chi connectivity index (χ1) is 15.8. The van der Waals surface area contributed by atoms with Gasteiger partial charge in [0, 0.05) is 28.3 Å². The van der Waals surface area contributed by atoms with Crippen LogP contribution >= 0.6 is 11.6 Å². The molecule has 0 saturated heterocycles. The van der Waals surface area contributed by atoms with Gasteiger partial charge in [-0.1, -0.05) is 35.9 Å². The third-order valence-electron chi connectivity index (χ3n) is 6.18. The van der Waals surface area contributed by atoms with Gasteiger partial charge in [-0.25, -0.2) is 4.39 Å². The first-order valence-corrected chi connectivity index (χ1v) is 11.1. The molecule has 0 fully saturated rings. The molecule has 2 unspecified atom stereocenters. The predicted octanol–water partition coefficient (Wildman–Crippen LogP) is 5.24. The lowest BCUT2D eigenvalue weighted by Crippen LogP contribution is -2.27. The molecule has 2 aliphatic heterocycles. The molecule has 0 bridgehead atoms. The number of anilines is 2.